The zero-order chi connectivity index (χ0) is 24.1. The summed E-state index contributed by atoms with van der Waals surface area (Å²) in [5.41, 5.74) is 1.66. The van der Waals surface area contributed by atoms with Gasteiger partial charge in [-0.1, -0.05) is 0 Å². The second-order valence-corrected chi connectivity index (χ2v) is 7.96. The molecule has 0 unspecified atom stereocenters. The maximum atomic E-state index is 13.4. The molecule has 0 spiro atoms. The molecular formula is C21H24BrN5O6. The van der Waals surface area contributed by atoms with Gasteiger partial charge in [-0.3, -0.25) is 19.8 Å². The lowest BCUT2D eigenvalue weighted by Gasteiger charge is -2.27. The van der Waals surface area contributed by atoms with Gasteiger partial charge in [0.05, 0.1) is 22.2 Å². The van der Waals surface area contributed by atoms with Gasteiger partial charge in [0.2, 0.25) is 5.96 Å². The van der Waals surface area contributed by atoms with E-state index in [1.54, 1.807) is 24.5 Å². The molecule has 1 aromatic carbocycles. The van der Waals surface area contributed by atoms with Crippen molar-refractivity contribution >= 4 is 56.5 Å². The molecule has 1 aromatic heterocycles. The molecule has 1 amide bonds. The highest BCUT2D eigenvalue weighted by Crippen LogP contribution is 2.33. The third-order valence-corrected chi connectivity index (χ3v) is 5.62. The number of fused-ring (bicyclic) bond motifs is 1. The number of anilines is 1. The van der Waals surface area contributed by atoms with Gasteiger partial charge < -0.3 is 19.5 Å². The number of nitrogens with zero attached hydrogens (tertiary/aromatic N) is 4. The average molecular weight is 522 g/mol. The van der Waals surface area contributed by atoms with Gasteiger partial charge in [0.25, 0.3) is 5.91 Å². The summed E-state index contributed by atoms with van der Waals surface area (Å²) in [5.74, 6) is -1.81. The van der Waals surface area contributed by atoms with Crippen LogP contribution in [0.25, 0.3) is 11.0 Å². The number of methoxy groups -OCH3 is 1. The minimum Gasteiger partial charge on any atom is -0.450 e. The number of benzene rings is 1. The number of aliphatic imine (C=N–C) groups is 1. The van der Waals surface area contributed by atoms with E-state index in [-0.39, 0.29) is 0 Å². The summed E-state index contributed by atoms with van der Waals surface area (Å²) in [7, 11) is 1.35. The molecule has 1 aliphatic rings. The maximum Gasteiger partial charge on any atom is 0.347 e. The van der Waals surface area contributed by atoms with E-state index in [0.717, 1.165) is 0 Å². The number of hydrogen-bond acceptors (Lipinski definition) is 10. The highest BCUT2D eigenvalue weighted by molar-refractivity contribution is 9.10. The highest BCUT2D eigenvalue weighted by atomic mass is 79.9. The number of hydrogen-bond donors (Lipinski definition) is 1. The van der Waals surface area contributed by atoms with Gasteiger partial charge in [0.15, 0.2) is 18.3 Å². The summed E-state index contributed by atoms with van der Waals surface area (Å²) < 4.78 is 15.7. The molecule has 0 bridgehead atoms. The maximum absolute atomic E-state index is 13.4. The predicted octanol–water partition coefficient (Wildman–Crippen LogP) is 1.58. The van der Waals surface area contributed by atoms with Gasteiger partial charge >= 0.3 is 11.9 Å². The van der Waals surface area contributed by atoms with Crippen LogP contribution in [0.1, 0.15) is 20.8 Å². The van der Waals surface area contributed by atoms with Crippen LogP contribution in [0.3, 0.4) is 0 Å². The Labute approximate surface area is 198 Å². The van der Waals surface area contributed by atoms with Crippen molar-refractivity contribution in [3.8, 4) is 0 Å². The van der Waals surface area contributed by atoms with E-state index in [2.05, 4.69) is 36.2 Å². The lowest BCUT2D eigenvalue weighted by molar-refractivity contribution is -0.175. The Morgan fingerprint density at radius 2 is 1.70 bits per heavy atom. The summed E-state index contributed by atoms with van der Waals surface area (Å²) in [5, 5.41) is 3.06. The summed E-state index contributed by atoms with van der Waals surface area (Å²) in [6, 6.07) is 3.43. The first-order valence-corrected chi connectivity index (χ1v) is 11.0. The van der Waals surface area contributed by atoms with E-state index in [1.165, 1.54) is 32.8 Å². The van der Waals surface area contributed by atoms with Crippen LogP contribution in [0, 0.1) is 0 Å². The van der Waals surface area contributed by atoms with Crippen molar-refractivity contribution in [2.75, 3.05) is 25.1 Å². The molecule has 0 radical (unpaired) electrons. The normalized spacial score (nSPS) is 15.7. The highest BCUT2D eigenvalue weighted by Gasteiger charge is 2.33. The Kier molecular flexibility index (Phi) is 7.92. The number of halogens is 1. The van der Waals surface area contributed by atoms with Crippen LogP contribution < -0.4 is 10.2 Å². The van der Waals surface area contributed by atoms with Crippen molar-refractivity contribution in [2.45, 2.75) is 39.1 Å². The first-order chi connectivity index (χ1) is 15.7. The molecule has 0 fully saturated rings. The topological polar surface area (TPSA) is 132 Å². The molecule has 1 N–H and O–H groups in total. The Hall–Kier alpha value is -3.12. The summed E-state index contributed by atoms with van der Waals surface area (Å²) in [4.78, 5) is 51.9. The number of ether oxygens (including phenoxy) is 3. The molecule has 2 aromatic rings. The van der Waals surface area contributed by atoms with Gasteiger partial charge in [-0.2, -0.15) is 0 Å². The van der Waals surface area contributed by atoms with E-state index in [0.29, 0.717) is 40.2 Å². The van der Waals surface area contributed by atoms with Crippen molar-refractivity contribution in [1.29, 1.82) is 0 Å². The summed E-state index contributed by atoms with van der Waals surface area (Å²) in [6.07, 6.45) is -0.138. The van der Waals surface area contributed by atoms with E-state index >= 15 is 0 Å². The third-order valence-electron chi connectivity index (χ3n) is 4.84. The van der Waals surface area contributed by atoms with Crippen LogP contribution in [0.2, 0.25) is 0 Å². The number of nitrogens with one attached hydrogen (secondary N) is 1. The Balaban J connectivity index is 1.82. The van der Waals surface area contributed by atoms with Gasteiger partial charge in [0.1, 0.15) is 5.52 Å². The Bertz CT molecular complexity index is 1090. The Morgan fingerprint density at radius 1 is 1.03 bits per heavy atom. The van der Waals surface area contributed by atoms with Crippen LogP contribution in [0.4, 0.5) is 5.69 Å². The third kappa shape index (κ3) is 5.45. The fourth-order valence-corrected chi connectivity index (χ4v) is 3.57. The molecule has 11 nitrogen and oxygen atoms in total. The van der Waals surface area contributed by atoms with Crippen LogP contribution in [0.15, 0.2) is 34.0 Å². The van der Waals surface area contributed by atoms with Crippen molar-refractivity contribution in [1.82, 2.24) is 15.3 Å². The van der Waals surface area contributed by atoms with Gasteiger partial charge in [0, 0.05) is 26.0 Å². The summed E-state index contributed by atoms with van der Waals surface area (Å²) >= 11 is 3.51. The predicted molar refractivity (Wildman–Crippen MR) is 123 cm³/mol. The fraction of sp³-hybridized carbons (Fsp3) is 0.429. The van der Waals surface area contributed by atoms with E-state index in [4.69, 9.17) is 14.2 Å². The number of carbonyl (C=O) groups excluding carboxylic acids is 3. The molecule has 2 heterocycles. The summed E-state index contributed by atoms with van der Waals surface area (Å²) in [6.45, 7) is 5.33. The van der Waals surface area contributed by atoms with E-state index < -0.39 is 36.2 Å². The Morgan fingerprint density at radius 3 is 2.36 bits per heavy atom. The van der Waals surface area contributed by atoms with Crippen molar-refractivity contribution < 1.29 is 28.6 Å². The lowest BCUT2D eigenvalue weighted by atomic mass is 10.2. The zero-order valence-corrected chi connectivity index (χ0v) is 20.2. The molecule has 0 aliphatic carbocycles. The van der Waals surface area contributed by atoms with Crippen molar-refractivity contribution in [3.05, 3.63) is 29.0 Å². The standard InChI is InChI=1S/C21H24BrN5O6/c1-11(32-20(30)13(3)33-19(29)12(2)31-4)18(28)27(21-25-9-10-26-21)15-6-5-14-17(16(15)22)24-8-7-23-14/h5-8,11-13H,9-10H2,1-4H3,(H,25,26)/t11-,12-,13-/m0/s1. The first-order valence-electron chi connectivity index (χ1n) is 10.2. The van der Waals surface area contributed by atoms with Crippen molar-refractivity contribution in [2.24, 2.45) is 4.99 Å². The quantitative estimate of drug-likeness (QED) is 0.539. The molecular weight excluding hydrogens is 498 g/mol. The smallest absolute Gasteiger partial charge is 0.347 e. The second-order valence-electron chi connectivity index (χ2n) is 7.16. The fourth-order valence-electron chi connectivity index (χ4n) is 2.95. The second kappa shape index (κ2) is 10.7. The lowest BCUT2D eigenvalue weighted by Crippen LogP contribution is -2.49. The minimum absolute atomic E-state index is 0.320. The van der Waals surface area contributed by atoms with E-state index in [1.807, 2.05) is 0 Å². The molecule has 3 rings (SSSR count). The molecule has 3 atom stereocenters. The molecule has 33 heavy (non-hydrogen) atoms. The van der Waals surface area contributed by atoms with Gasteiger partial charge in [-0.25, -0.2) is 14.5 Å². The number of carbonyl (C=O) groups is 3. The first kappa shape index (κ1) is 24.5. The number of amides is 1. The van der Waals surface area contributed by atoms with Gasteiger partial charge in [-0.15, -0.1) is 0 Å². The largest absolute Gasteiger partial charge is 0.450 e. The van der Waals surface area contributed by atoms with Crippen LogP contribution in [-0.2, 0) is 28.6 Å². The number of rotatable bonds is 7. The average Bonchev–Trinajstić information content (AvgIpc) is 3.34. The number of guanidine groups is 1. The van der Waals surface area contributed by atoms with E-state index in [9.17, 15) is 14.4 Å². The van der Waals surface area contributed by atoms with Crippen LogP contribution in [0.5, 0.6) is 0 Å². The molecule has 0 saturated heterocycles. The molecule has 12 heteroatoms. The SMILES string of the molecule is CO[C@@H](C)C(=O)O[C@@H](C)C(=O)O[C@@H](C)C(=O)N(C1=NCCN1)c1ccc2nccnc2c1Br. The van der Waals surface area contributed by atoms with Gasteiger partial charge in [-0.05, 0) is 48.8 Å². The molecule has 176 valence electrons. The van der Waals surface area contributed by atoms with Crippen LogP contribution in [-0.4, -0.2) is 72.3 Å². The monoisotopic (exact) mass is 521 g/mol. The van der Waals surface area contributed by atoms with Crippen molar-refractivity contribution in [3.63, 3.8) is 0 Å². The minimum atomic E-state index is -1.22. The zero-order valence-electron chi connectivity index (χ0n) is 18.6. The van der Waals surface area contributed by atoms with Crippen LogP contribution >= 0.6 is 15.9 Å². The molecule has 0 saturated carbocycles. The molecule has 1 aliphatic heterocycles. The number of aromatic nitrogens is 2. The number of esters is 2.